The van der Waals surface area contributed by atoms with Crippen LogP contribution in [0.15, 0.2) is 47.4 Å². The Morgan fingerprint density at radius 3 is 2.54 bits per heavy atom. The highest BCUT2D eigenvalue weighted by molar-refractivity contribution is 7.99. The highest BCUT2D eigenvalue weighted by Gasteiger charge is 2.03. The average Bonchev–Trinajstić information content (AvgIpc) is 2.56. The maximum absolute atomic E-state index is 11.9. The second-order valence-corrected chi connectivity index (χ2v) is 7.13. The van der Waals surface area contributed by atoms with Crippen LogP contribution in [0.2, 0.25) is 0 Å². The van der Waals surface area contributed by atoms with Crippen LogP contribution in [0.5, 0.6) is 5.75 Å². The Kier molecular flexibility index (Phi) is 7.19. The van der Waals surface area contributed by atoms with Gasteiger partial charge in [-0.15, -0.1) is 11.8 Å². The first-order valence-electron chi connectivity index (χ1n) is 8.29. The minimum atomic E-state index is 0.108. The van der Waals surface area contributed by atoms with E-state index in [9.17, 15) is 9.90 Å². The quantitative estimate of drug-likeness (QED) is 0.557. The number of phenolic OH excluding ortho intramolecular Hbond substituents is 1. The normalized spacial score (nSPS) is 10.6. The monoisotopic (exact) mass is 343 g/mol. The van der Waals surface area contributed by atoms with Crippen LogP contribution in [0.25, 0.3) is 0 Å². The number of hydrogen-bond acceptors (Lipinski definition) is 3. The van der Waals surface area contributed by atoms with E-state index in [4.69, 9.17) is 0 Å². The molecule has 1 amide bonds. The minimum absolute atomic E-state index is 0.108. The molecule has 0 aromatic heterocycles. The van der Waals surface area contributed by atoms with Gasteiger partial charge in [0.15, 0.2) is 0 Å². The van der Waals surface area contributed by atoms with Gasteiger partial charge in [0.05, 0.1) is 0 Å². The number of aryl methyl sites for hydroxylation is 3. The van der Waals surface area contributed by atoms with Gasteiger partial charge in [-0.25, -0.2) is 0 Å². The van der Waals surface area contributed by atoms with Crippen molar-refractivity contribution in [3.63, 3.8) is 0 Å². The Morgan fingerprint density at radius 1 is 1.08 bits per heavy atom. The van der Waals surface area contributed by atoms with Crippen molar-refractivity contribution in [3.8, 4) is 5.75 Å². The standard InChI is InChI=1S/C20H25NO2S/c1-15-5-10-19(14-16(15)2)24-13-11-20(23)21-12-3-4-17-6-8-18(22)9-7-17/h5-10,14,22H,3-4,11-13H2,1-2H3,(H,21,23). The lowest BCUT2D eigenvalue weighted by molar-refractivity contribution is -0.120. The fourth-order valence-electron chi connectivity index (χ4n) is 2.34. The number of carbonyl (C=O) groups is 1. The fourth-order valence-corrected chi connectivity index (χ4v) is 3.28. The third-order valence-electron chi connectivity index (χ3n) is 3.98. The topological polar surface area (TPSA) is 49.3 Å². The zero-order valence-corrected chi connectivity index (χ0v) is 15.2. The van der Waals surface area contributed by atoms with Gasteiger partial charge in [0.2, 0.25) is 5.91 Å². The average molecular weight is 343 g/mol. The van der Waals surface area contributed by atoms with Gasteiger partial charge >= 0.3 is 0 Å². The summed E-state index contributed by atoms with van der Waals surface area (Å²) >= 11 is 1.72. The molecule has 0 fully saturated rings. The molecule has 24 heavy (non-hydrogen) atoms. The van der Waals surface area contributed by atoms with Crippen LogP contribution in [-0.2, 0) is 11.2 Å². The maximum atomic E-state index is 11.9. The van der Waals surface area contributed by atoms with Gasteiger partial charge in [0, 0.05) is 23.6 Å². The fraction of sp³-hybridized carbons (Fsp3) is 0.350. The van der Waals surface area contributed by atoms with E-state index in [1.807, 2.05) is 12.1 Å². The number of phenols is 1. The Morgan fingerprint density at radius 2 is 1.83 bits per heavy atom. The van der Waals surface area contributed by atoms with Gasteiger partial charge < -0.3 is 10.4 Å². The van der Waals surface area contributed by atoms with E-state index in [1.165, 1.54) is 21.6 Å². The number of benzene rings is 2. The minimum Gasteiger partial charge on any atom is -0.508 e. The van der Waals surface area contributed by atoms with E-state index in [0.29, 0.717) is 13.0 Å². The highest BCUT2D eigenvalue weighted by atomic mass is 32.2. The summed E-state index contributed by atoms with van der Waals surface area (Å²) in [6.45, 7) is 4.91. The van der Waals surface area contributed by atoms with Crippen LogP contribution in [0.1, 0.15) is 29.5 Å². The molecule has 0 spiro atoms. The van der Waals surface area contributed by atoms with E-state index in [-0.39, 0.29) is 11.7 Å². The molecule has 2 aromatic carbocycles. The number of aromatic hydroxyl groups is 1. The van der Waals surface area contributed by atoms with Crippen molar-refractivity contribution in [1.82, 2.24) is 5.32 Å². The second kappa shape index (κ2) is 9.38. The summed E-state index contributed by atoms with van der Waals surface area (Å²) in [6.07, 6.45) is 2.34. The Balaban J connectivity index is 1.59. The van der Waals surface area contributed by atoms with Crippen LogP contribution < -0.4 is 5.32 Å². The first kappa shape index (κ1) is 18.4. The Labute approximate surface area is 148 Å². The molecule has 0 aliphatic rings. The Hall–Kier alpha value is -1.94. The zero-order chi connectivity index (χ0) is 17.4. The summed E-state index contributed by atoms with van der Waals surface area (Å²) in [7, 11) is 0. The van der Waals surface area contributed by atoms with Crippen molar-refractivity contribution in [2.45, 2.75) is 38.0 Å². The van der Waals surface area contributed by atoms with Gasteiger partial charge in [-0.1, -0.05) is 18.2 Å². The lowest BCUT2D eigenvalue weighted by Gasteiger charge is -2.07. The summed E-state index contributed by atoms with van der Waals surface area (Å²) in [4.78, 5) is 13.1. The van der Waals surface area contributed by atoms with Gasteiger partial charge in [-0.3, -0.25) is 4.79 Å². The van der Waals surface area contributed by atoms with E-state index >= 15 is 0 Å². The van der Waals surface area contributed by atoms with Crippen LogP contribution in [0.3, 0.4) is 0 Å². The summed E-state index contributed by atoms with van der Waals surface area (Å²) in [5.41, 5.74) is 3.76. The smallest absolute Gasteiger partial charge is 0.220 e. The Bertz CT molecular complexity index is 668. The predicted octanol–water partition coefficient (Wildman–Crippen LogP) is 4.24. The molecule has 128 valence electrons. The number of rotatable bonds is 8. The highest BCUT2D eigenvalue weighted by Crippen LogP contribution is 2.21. The van der Waals surface area contributed by atoms with Crippen LogP contribution in [-0.4, -0.2) is 23.3 Å². The molecule has 0 heterocycles. The molecule has 0 saturated heterocycles. The van der Waals surface area contributed by atoms with Crippen molar-refractivity contribution in [1.29, 1.82) is 0 Å². The molecule has 0 saturated carbocycles. The largest absolute Gasteiger partial charge is 0.508 e. The summed E-state index contributed by atoms with van der Waals surface area (Å²) in [6, 6.07) is 13.6. The molecule has 3 nitrogen and oxygen atoms in total. The maximum Gasteiger partial charge on any atom is 0.220 e. The molecule has 2 N–H and O–H groups in total. The van der Waals surface area contributed by atoms with Crippen molar-refractivity contribution in [2.75, 3.05) is 12.3 Å². The van der Waals surface area contributed by atoms with Crippen molar-refractivity contribution >= 4 is 17.7 Å². The molecular weight excluding hydrogens is 318 g/mol. The molecule has 2 rings (SSSR count). The second-order valence-electron chi connectivity index (χ2n) is 5.96. The predicted molar refractivity (Wildman–Crippen MR) is 101 cm³/mol. The van der Waals surface area contributed by atoms with Crippen molar-refractivity contribution < 1.29 is 9.90 Å². The van der Waals surface area contributed by atoms with Gasteiger partial charge in [0.25, 0.3) is 0 Å². The van der Waals surface area contributed by atoms with E-state index < -0.39 is 0 Å². The molecule has 0 aliphatic carbocycles. The molecule has 0 bridgehead atoms. The van der Waals surface area contributed by atoms with Gasteiger partial charge in [-0.05, 0) is 67.6 Å². The lowest BCUT2D eigenvalue weighted by Crippen LogP contribution is -2.24. The number of hydrogen-bond donors (Lipinski definition) is 2. The number of amides is 1. The van der Waals surface area contributed by atoms with Gasteiger partial charge in [0.1, 0.15) is 5.75 Å². The van der Waals surface area contributed by atoms with Crippen molar-refractivity contribution in [3.05, 3.63) is 59.2 Å². The van der Waals surface area contributed by atoms with E-state index in [2.05, 4.69) is 37.4 Å². The summed E-state index contributed by atoms with van der Waals surface area (Å²) < 4.78 is 0. The number of carbonyl (C=O) groups excluding carboxylic acids is 1. The molecular formula is C20H25NO2S. The third kappa shape index (κ3) is 6.28. The van der Waals surface area contributed by atoms with Crippen LogP contribution in [0.4, 0.5) is 0 Å². The first-order chi connectivity index (χ1) is 11.5. The lowest BCUT2D eigenvalue weighted by atomic mass is 10.1. The molecule has 4 heteroatoms. The molecule has 0 radical (unpaired) electrons. The SMILES string of the molecule is Cc1ccc(SCCC(=O)NCCCc2ccc(O)cc2)cc1C. The molecule has 0 aliphatic heterocycles. The summed E-state index contributed by atoms with van der Waals surface area (Å²) in [5, 5.41) is 12.2. The molecule has 2 aromatic rings. The van der Waals surface area contributed by atoms with Crippen LogP contribution in [0, 0.1) is 13.8 Å². The van der Waals surface area contributed by atoms with E-state index in [0.717, 1.165) is 18.6 Å². The molecule has 0 atom stereocenters. The number of thioether (sulfide) groups is 1. The third-order valence-corrected chi connectivity index (χ3v) is 4.97. The van der Waals surface area contributed by atoms with Crippen molar-refractivity contribution in [2.24, 2.45) is 0 Å². The van der Waals surface area contributed by atoms with E-state index in [1.54, 1.807) is 23.9 Å². The van der Waals surface area contributed by atoms with Gasteiger partial charge in [-0.2, -0.15) is 0 Å². The zero-order valence-electron chi connectivity index (χ0n) is 14.3. The van der Waals surface area contributed by atoms with Crippen LogP contribution >= 0.6 is 11.8 Å². The molecule has 0 unspecified atom stereocenters. The first-order valence-corrected chi connectivity index (χ1v) is 9.28. The number of nitrogens with one attached hydrogen (secondary N) is 1. The summed E-state index contributed by atoms with van der Waals surface area (Å²) in [5.74, 6) is 1.19.